The van der Waals surface area contributed by atoms with Crippen molar-refractivity contribution >= 4 is 11.6 Å². The molecule has 0 amide bonds. The van der Waals surface area contributed by atoms with Crippen LogP contribution in [0.15, 0.2) is 24.9 Å². The molecule has 0 radical (unpaired) electrons. The van der Waals surface area contributed by atoms with Crippen molar-refractivity contribution in [3.63, 3.8) is 0 Å². The zero-order valence-corrected chi connectivity index (χ0v) is 10.8. The first kappa shape index (κ1) is 13.2. The fourth-order valence-electron chi connectivity index (χ4n) is 1.77. The third kappa shape index (κ3) is 3.35. The average Bonchev–Trinajstić information content (AvgIpc) is 2.47. The molecule has 100 valence electrons. The summed E-state index contributed by atoms with van der Waals surface area (Å²) >= 11 is 0. The highest BCUT2D eigenvalue weighted by Crippen LogP contribution is 2.21. The van der Waals surface area contributed by atoms with E-state index in [0.29, 0.717) is 12.4 Å². The summed E-state index contributed by atoms with van der Waals surface area (Å²) in [7, 11) is 0. The summed E-state index contributed by atoms with van der Waals surface area (Å²) in [6.45, 7) is 2.68. The molecular weight excluding hydrogens is 242 g/mol. The van der Waals surface area contributed by atoms with E-state index in [1.165, 1.54) is 12.7 Å². The zero-order chi connectivity index (χ0) is 13.5. The molecule has 0 spiro atoms. The number of rotatable bonds is 6. The van der Waals surface area contributed by atoms with E-state index in [4.69, 9.17) is 5.84 Å². The van der Waals surface area contributed by atoms with Gasteiger partial charge in [-0.2, -0.15) is 0 Å². The fourth-order valence-corrected chi connectivity index (χ4v) is 1.77. The minimum Gasteiger partial charge on any atom is -0.364 e. The molecule has 0 aliphatic rings. The average molecular weight is 259 g/mol. The molecule has 0 aliphatic carbocycles. The van der Waals surface area contributed by atoms with Crippen molar-refractivity contribution in [2.24, 2.45) is 5.84 Å². The van der Waals surface area contributed by atoms with Crippen molar-refractivity contribution in [1.29, 1.82) is 0 Å². The van der Waals surface area contributed by atoms with E-state index in [2.05, 4.69) is 37.6 Å². The van der Waals surface area contributed by atoms with E-state index >= 15 is 0 Å². The van der Waals surface area contributed by atoms with Crippen LogP contribution >= 0.6 is 0 Å². The summed E-state index contributed by atoms with van der Waals surface area (Å²) < 4.78 is 0. The minimum absolute atomic E-state index is 0.584. The van der Waals surface area contributed by atoms with E-state index in [1.807, 2.05) is 6.07 Å². The van der Waals surface area contributed by atoms with Crippen LogP contribution < -0.4 is 16.6 Å². The van der Waals surface area contributed by atoms with Gasteiger partial charge in [-0.3, -0.25) is 0 Å². The van der Waals surface area contributed by atoms with Gasteiger partial charge in [0.05, 0.1) is 12.2 Å². The molecule has 4 N–H and O–H groups in total. The Morgan fingerprint density at radius 2 is 2.00 bits per heavy atom. The monoisotopic (exact) mass is 259 g/mol. The molecule has 2 aromatic heterocycles. The largest absolute Gasteiger partial charge is 0.364 e. The number of hydrogen-bond acceptors (Lipinski definition) is 7. The summed E-state index contributed by atoms with van der Waals surface area (Å²) in [6.07, 6.45) is 6.56. The lowest BCUT2D eigenvalue weighted by atomic mass is 10.1. The van der Waals surface area contributed by atoms with Crippen LogP contribution in [0.3, 0.4) is 0 Å². The maximum Gasteiger partial charge on any atom is 0.148 e. The van der Waals surface area contributed by atoms with Gasteiger partial charge in [0.25, 0.3) is 0 Å². The lowest BCUT2D eigenvalue weighted by Gasteiger charge is -2.13. The number of nitrogens with zero attached hydrogens (tertiary/aromatic N) is 4. The van der Waals surface area contributed by atoms with Crippen molar-refractivity contribution in [3.05, 3.63) is 36.2 Å². The second kappa shape index (κ2) is 6.60. The summed E-state index contributed by atoms with van der Waals surface area (Å²) in [5.41, 5.74) is 4.49. The summed E-state index contributed by atoms with van der Waals surface area (Å²) in [6, 6.07) is 1.86. The van der Waals surface area contributed by atoms with Gasteiger partial charge in [0.15, 0.2) is 0 Å². The van der Waals surface area contributed by atoms with Gasteiger partial charge in [-0.15, -0.1) is 0 Å². The van der Waals surface area contributed by atoms with Crippen LogP contribution in [0.5, 0.6) is 0 Å². The zero-order valence-electron chi connectivity index (χ0n) is 10.8. The number of hydrogen-bond donors (Lipinski definition) is 3. The van der Waals surface area contributed by atoms with Gasteiger partial charge in [-0.1, -0.05) is 13.3 Å². The van der Waals surface area contributed by atoms with Crippen molar-refractivity contribution in [2.75, 3.05) is 10.7 Å². The van der Waals surface area contributed by atoms with Gasteiger partial charge < -0.3 is 10.7 Å². The van der Waals surface area contributed by atoms with Gasteiger partial charge >= 0.3 is 0 Å². The SMILES string of the molecule is CCCc1c(NN)ncnc1NCc1ccncn1. The van der Waals surface area contributed by atoms with Gasteiger partial charge in [0, 0.05) is 11.8 Å². The van der Waals surface area contributed by atoms with Crippen molar-refractivity contribution < 1.29 is 0 Å². The minimum atomic E-state index is 0.584. The fraction of sp³-hybridized carbons (Fsp3) is 0.333. The lowest BCUT2D eigenvalue weighted by molar-refractivity contribution is 0.893. The predicted molar refractivity (Wildman–Crippen MR) is 73.2 cm³/mol. The van der Waals surface area contributed by atoms with Crippen molar-refractivity contribution in [2.45, 2.75) is 26.3 Å². The molecule has 0 aliphatic heterocycles. The molecule has 0 unspecified atom stereocenters. The molecule has 0 fully saturated rings. The Hall–Kier alpha value is -2.28. The van der Waals surface area contributed by atoms with E-state index in [0.717, 1.165) is 29.9 Å². The topological polar surface area (TPSA) is 102 Å². The molecule has 2 aromatic rings. The molecule has 0 saturated heterocycles. The third-order valence-corrected chi connectivity index (χ3v) is 2.66. The van der Waals surface area contributed by atoms with Gasteiger partial charge in [-0.25, -0.2) is 25.8 Å². The number of nitrogens with two attached hydrogens (primary N) is 1. The Labute approximate surface area is 111 Å². The Balaban J connectivity index is 2.15. The first-order valence-corrected chi connectivity index (χ1v) is 6.14. The van der Waals surface area contributed by atoms with Crippen LogP contribution in [0, 0.1) is 0 Å². The van der Waals surface area contributed by atoms with Crippen LogP contribution in [-0.2, 0) is 13.0 Å². The summed E-state index contributed by atoms with van der Waals surface area (Å²) in [4.78, 5) is 16.4. The van der Waals surface area contributed by atoms with Crippen LogP contribution in [0.2, 0.25) is 0 Å². The molecule has 2 heterocycles. The second-order valence-electron chi connectivity index (χ2n) is 4.00. The first-order valence-electron chi connectivity index (χ1n) is 6.14. The Bertz CT molecular complexity index is 515. The molecule has 7 nitrogen and oxygen atoms in total. The van der Waals surface area contributed by atoms with Crippen LogP contribution in [-0.4, -0.2) is 19.9 Å². The second-order valence-corrected chi connectivity index (χ2v) is 4.00. The van der Waals surface area contributed by atoms with E-state index < -0.39 is 0 Å². The highest BCUT2D eigenvalue weighted by molar-refractivity contribution is 5.56. The number of anilines is 2. The van der Waals surface area contributed by atoms with E-state index in [1.54, 1.807) is 6.20 Å². The number of hydrazine groups is 1. The Kier molecular flexibility index (Phi) is 4.57. The van der Waals surface area contributed by atoms with Crippen LogP contribution in [0.25, 0.3) is 0 Å². The Morgan fingerprint density at radius 1 is 1.16 bits per heavy atom. The number of nitrogens with one attached hydrogen (secondary N) is 2. The first-order chi connectivity index (χ1) is 9.35. The van der Waals surface area contributed by atoms with Crippen LogP contribution in [0.4, 0.5) is 11.6 Å². The smallest absolute Gasteiger partial charge is 0.148 e. The van der Waals surface area contributed by atoms with Crippen molar-refractivity contribution in [1.82, 2.24) is 19.9 Å². The molecule has 0 atom stereocenters. The number of aromatic nitrogens is 4. The summed E-state index contributed by atoms with van der Waals surface area (Å²) in [5.74, 6) is 6.90. The number of nitrogen functional groups attached to an aromatic ring is 1. The van der Waals surface area contributed by atoms with E-state index in [9.17, 15) is 0 Å². The van der Waals surface area contributed by atoms with Crippen LogP contribution in [0.1, 0.15) is 24.6 Å². The maximum absolute atomic E-state index is 5.47. The third-order valence-electron chi connectivity index (χ3n) is 2.66. The summed E-state index contributed by atoms with van der Waals surface area (Å²) in [5, 5.41) is 3.25. The predicted octanol–water partition coefficient (Wildman–Crippen LogP) is 1.12. The van der Waals surface area contributed by atoms with Gasteiger partial charge in [-0.05, 0) is 12.5 Å². The van der Waals surface area contributed by atoms with E-state index in [-0.39, 0.29) is 0 Å². The quantitative estimate of drug-likeness (QED) is 0.527. The standard InChI is InChI=1S/C12H17N7/c1-2-3-10-11(17-8-18-12(10)19-13)15-6-9-4-5-14-7-16-9/h4-5,7-8H,2-3,6,13H2,1H3,(H2,15,17,18,19). The molecule has 0 bridgehead atoms. The van der Waals surface area contributed by atoms with Gasteiger partial charge in [0.2, 0.25) is 0 Å². The molecule has 7 heteroatoms. The molecule has 2 rings (SSSR count). The normalized spacial score (nSPS) is 10.2. The molecule has 0 aromatic carbocycles. The molecule has 19 heavy (non-hydrogen) atoms. The Morgan fingerprint density at radius 3 is 2.68 bits per heavy atom. The molecule has 0 saturated carbocycles. The molecular formula is C12H17N7. The van der Waals surface area contributed by atoms with Crippen molar-refractivity contribution in [3.8, 4) is 0 Å². The van der Waals surface area contributed by atoms with Gasteiger partial charge in [0.1, 0.15) is 24.3 Å². The maximum atomic E-state index is 5.47. The highest BCUT2D eigenvalue weighted by atomic mass is 15.3. The highest BCUT2D eigenvalue weighted by Gasteiger charge is 2.09. The lowest BCUT2D eigenvalue weighted by Crippen LogP contribution is -2.14.